The van der Waals surface area contributed by atoms with Gasteiger partial charge in [0.2, 0.25) is 0 Å². The summed E-state index contributed by atoms with van der Waals surface area (Å²) in [5.74, 6) is -0.352. The summed E-state index contributed by atoms with van der Waals surface area (Å²) in [5, 5.41) is 6.78. The third-order valence-corrected chi connectivity index (χ3v) is 3.75. The molecule has 114 valence electrons. The minimum absolute atomic E-state index is 0.229. The molecule has 1 aromatic carbocycles. The summed E-state index contributed by atoms with van der Waals surface area (Å²) in [6, 6.07) is 5.40. The van der Waals surface area contributed by atoms with Crippen LogP contribution >= 0.6 is 12.2 Å². The second kappa shape index (κ2) is 7.38. The lowest BCUT2D eigenvalue weighted by Crippen LogP contribution is -2.35. The first-order valence-corrected chi connectivity index (χ1v) is 7.37. The van der Waals surface area contributed by atoms with Crippen molar-refractivity contribution in [3.63, 3.8) is 0 Å². The average Bonchev–Trinajstić information content (AvgIpc) is 3.00. The Morgan fingerprint density at radius 2 is 2.33 bits per heavy atom. The van der Waals surface area contributed by atoms with Crippen LogP contribution in [-0.2, 0) is 9.47 Å². The summed E-state index contributed by atoms with van der Waals surface area (Å²) in [5.41, 5.74) is 2.14. The number of thiocarbonyl (C=S) groups is 1. The van der Waals surface area contributed by atoms with Gasteiger partial charge in [-0.05, 0) is 49.7 Å². The zero-order valence-corrected chi connectivity index (χ0v) is 13.1. The maximum Gasteiger partial charge on any atom is 0.338 e. The third-order valence-electron chi connectivity index (χ3n) is 3.50. The minimum atomic E-state index is -0.352. The van der Waals surface area contributed by atoms with Gasteiger partial charge in [-0.1, -0.05) is 6.07 Å². The molecule has 1 aliphatic heterocycles. The number of esters is 1. The van der Waals surface area contributed by atoms with Gasteiger partial charge >= 0.3 is 5.97 Å². The summed E-state index contributed by atoms with van der Waals surface area (Å²) in [6.45, 7) is 3.38. The van der Waals surface area contributed by atoms with Gasteiger partial charge in [0.1, 0.15) is 0 Å². The molecule has 0 spiro atoms. The van der Waals surface area contributed by atoms with Gasteiger partial charge in [-0.3, -0.25) is 0 Å². The van der Waals surface area contributed by atoms with Crippen LogP contribution in [0.25, 0.3) is 0 Å². The van der Waals surface area contributed by atoms with Gasteiger partial charge in [-0.15, -0.1) is 0 Å². The van der Waals surface area contributed by atoms with Crippen molar-refractivity contribution in [2.24, 2.45) is 0 Å². The predicted molar refractivity (Wildman–Crippen MR) is 85.7 cm³/mol. The van der Waals surface area contributed by atoms with Gasteiger partial charge in [0, 0.05) is 18.8 Å². The monoisotopic (exact) mass is 308 g/mol. The minimum Gasteiger partial charge on any atom is -0.465 e. The molecule has 1 unspecified atom stereocenters. The lowest BCUT2D eigenvalue weighted by atomic mass is 10.1. The topological polar surface area (TPSA) is 59.6 Å². The van der Waals surface area contributed by atoms with E-state index in [1.165, 1.54) is 7.11 Å². The largest absolute Gasteiger partial charge is 0.465 e. The second-order valence-corrected chi connectivity index (χ2v) is 5.35. The van der Waals surface area contributed by atoms with Crippen molar-refractivity contribution in [1.82, 2.24) is 5.32 Å². The Labute approximate surface area is 130 Å². The molecule has 2 N–H and O–H groups in total. The number of methoxy groups -OCH3 is 1. The fourth-order valence-corrected chi connectivity index (χ4v) is 2.47. The van der Waals surface area contributed by atoms with Gasteiger partial charge < -0.3 is 20.1 Å². The Balaban J connectivity index is 1.95. The van der Waals surface area contributed by atoms with Crippen LogP contribution in [0, 0.1) is 6.92 Å². The van der Waals surface area contributed by atoms with Crippen LogP contribution in [-0.4, -0.2) is 37.4 Å². The molecular weight excluding hydrogens is 288 g/mol. The first-order chi connectivity index (χ1) is 10.1. The Hall–Kier alpha value is -1.66. The second-order valence-electron chi connectivity index (χ2n) is 4.94. The molecule has 1 aliphatic rings. The van der Waals surface area contributed by atoms with E-state index in [0.717, 1.165) is 30.7 Å². The van der Waals surface area contributed by atoms with E-state index in [9.17, 15) is 4.79 Å². The zero-order valence-electron chi connectivity index (χ0n) is 12.3. The van der Waals surface area contributed by atoms with Gasteiger partial charge in [0.05, 0.1) is 18.8 Å². The lowest BCUT2D eigenvalue weighted by molar-refractivity contribution is 0.0600. The van der Waals surface area contributed by atoms with Crippen LogP contribution in [0.4, 0.5) is 5.69 Å². The normalized spacial score (nSPS) is 17.3. The average molecular weight is 308 g/mol. The Morgan fingerprint density at radius 3 is 3.00 bits per heavy atom. The van der Waals surface area contributed by atoms with Crippen molar-refractivity contribution in [2.75, 3.05) is 25.6 Å². The SMILES string of the molecule is COC(=O)c1cccc(NC(=S)NCC2CCCO2)c1C. The molecule has 0 bridgehead atoms. The van der Waals surface area contributed by atoms with Gasteiger partial charge in [0.15, 0.2) is 5.11 Å². The van der Waals surface area contributed by atoms with Crippen LogP contribution < -0.4 is 10.6 Å². The highest BCUT2D eigenvalue weighted by Crippen LogP contribution is 2.19. The van der Waals surface area contributed by atoms with Crippen LogP contribution in [0.1, 0.15) is 28.8 Å². The molecule has 0 radical (unpaired) electrons. The lowest BCUT2D eigenvalue weighted by Gasteiger charge is -2.16. The molecular formula is C15H20N2O3S. The molecule has 2 rings (SSSR count). The number of carbonyl (C=O) groups excluding carboxylic acids is 1. The van der Waals surface area contributed by atoms with E-state index in [-0.39, 0.29) is 12.1 Å². The fourth-order valence-electron chi connectivity index (χ4n) is 2.28. The summed E-state index contributed by atoms with van der Waals surface area (Å²) in [6.07, 6.45) is 2.39. The van der Waals surface area contributed by atoms with Gasteiger partial charge in [-0.2, -0.15) is 0 Å². The number of hydrogen-bond donors (Lipinski definition) is 2. The number of ether oxygens (including phenoxy) is 2. The molecule has 0 aliphatic carbocycles. The van der Waals surface area contributed by atoms with Crippen molar-refractivity contribution in [2.45, 2.75) is 25.9 Å². The molecule has 1 heterocycles. The number of nitrogens with one attached hydrogen (secondary N) is 2. The Kier molecular flexibility index (Phi) is 5.52. The zero-order chi connectivity index (χ0) is 15.2. The molecule has 5 nitrogen and oxygen atoms in total. The van der Waals surface area contributed by atoms with E-state index in [2.05, 4.69) is 10.6 Å². The predicted octanol–water partition coefficient (Wildman–Crippen LogP) is 2.25. The van der Waals surface area contributed by atoms with Crippen molar-refractivity contribution in [1.29, 1.82) is 0 Å². The molecule has 0 saturated carbocycles. The van der Waals surface area contributed by atoms with Crippen LogP contribution in [0.3, 0.4) is 0 Å². The van der Waals surface area contributed by atoms with Gasteiger partial charge in [-0.25, -0.2) is 4.79 Å². The van der Waals surface area contributed by atoms with Crippen molar-refractivity contribution >= 4 is 29.0 Å². The molecule has 21 heavy (non-hydrogen) atoms. The summed E-state index contributed by atoms with van der Waals surface area (Å²) >= 11 is 5.27. The number of carbonyl (C=O) groups is 1. The number of benzene rings is 1. The molecule has 6 heteroatoms. The van der Waals surface area contributed by atoms with Crippen molar-refractivity contribution in [3.8, 4) is 0 Å². The molecule has 0 aromatic heterocycles. The van der Waals surface area contributed by atoms with E-state index in [1.54, 1.807) is 12.1 Å². The van der Waals surface area contributed by atoms with Crippen LogP contribution in [0.5, 0.6) is 0 Å². The van der Waals surface area contributed by atoms with E-state index >= 15 is 0 Å². The Morgan fingerprint density at radius 1 is 1.52 bits per heavy atom. The van der Waals surface area contributed by atoms with Crippen molar-refractivity contribution < 1.29 is 14.3 Å². The summed E-state index contributed by atoms with van der Waals surface area (Å²) in [4.78, 5) is 11.7. The smallest absolute Gasteiger partial charge is 0.338 e. The highest BCUT2D eigenvalue weighted by Gasteiger charge is 2.16. The number of anilines is 1. The highest BCUT2D eigenvalue weighted by molar-refractivity contribution is 7.80. The number of rotatable bonds is 4. The summed E-state index contributed by atoms with van der Waals surface area (Å²) in [7, 11) is 1.37. The van der Waals surface area contributed by atoms with E-state index in [4.69, 9.17) is 21.7 Å². The standard InChI is InChI=1S/C15H20N2O3S/c1-10-12(14(18)19-2)6-3-7-13(10)17-15(21)16-9-11-5-4-8-20-11/h3,6-7,11H,4-5,8-9H2,1-2H3,(H2,16,17,21). The fraction of sp³-hybridized carbons (Fsp3) is 0.467. The Bertz CT molecular complexity index is 528. The highest BCUT2D eigenvalue weighted by atomic mass is 32.1. The molecule has 1 saturated heterocycles. The van der Waals surface area contributed by atoms with E-state index < -0.39 is 0 Å². The van der Waals surface area contributed by atoms with E-state index in [1.807, 2.05) is 13.0 Å². The molecule has 1 aromatic rings. The van der Waals surface area contributed by atoms with Gasteiger partial charge in [0.25, 0.3) is 0 Å². The third kappa shape index (κ3) is 4.15. The van der Waals surface area contributed by atoms with Crippen LogP contribution in [0.15, 0.2) is 18.2 Å². The first-order valence-electron chi connectivity index (χ1n) is 6.96. The van der Waals surface area contributed by atoms with Crippen molar-refractivity contribution in [3.05, 3.63) is 29.3 Å². The quantitative estimate of drug-likeness (QED) is 0.657. The maximum atomic E-state index is 11.7. The summed E-state index contributed by atoms with van der Waals surface area (Å²) < 4.78 is 10.3. The maximum absolute atomic E-state index is 11.7. The first kappa shape index (κ1) is 15.7. The number of hydrogen-bond acceptors (Lipinski definition) is 4. The van der Waals surface area contributed by atoms with E-state index in [0.29, 0.717) is 17.2 Å². The molecule has 1 fully saturated rings. The molecule has 0 amide bonds. The molecule has 1 atom stereocenters. The van der Waals surface area contributed by atoms with Crippen LogP contribution in [0.2, 0.25) is 0 Å².